The van der Waals surface area contributed by atoms with E-state index < -0.39 is 0 Å². The molecule has 0 radical (unpaired) electrons. The first kappa shape index (κ1) is 18.0. The van der Waals surface area contributed by atoms with Gasteiger partial charge in [0.2, 0.25) is 0 Å². The Balaban J connectivity index is 1.64. The smallest absolute Gasteiger partial charge is 0.185 e. The summed E-state index contributed by atoms with van der Waals surface area (Å²) in [5.74, 6) is 1.85. The molecule has 0 fully saturated rings. The molecule has 0 amide bonds. The van der Waals surface area contributed by atoms with E-state index in [1.807, 2.05) is 50.2 Å². The van der Waals surface area contributed by atoms with Gasteiger partial charge >= 0.3 is 0 Å². The quantitative estimate of drug-likeness (QED) is 0.395. The third-order valence-corrected chi connectivity index (χ3v) is 4.20. The normalized spacial score (nSPS) is 11.0. The fraction of sp³-hybridized carbons (Fsp3) is 0.136. The van der Waals surface area contributed by atoms with Gasteiger partial charge in [-0.3, -0.25) is 4.79 Å². The molecule has 2 aromatic carbocycles. The van der Waals surface area contributed by atoms with E-state index in [1.54, 1.807) is 24.3 Å². The molecule has 0 aliphatic heterocycles. The maximum absolute atomic E-state index is 12.2. The van der Waals surface area contributed by atoms with Gasteiger partial charge in [-0.2, -0.15) is 0 Å². The number of ketones is 1. The van der Waals surface area contributed by atoms with E-state index >= 15 is 0 Å². The number of hydrogen-bond acceptors (Lipinski definition) is 3. The standard InChI is InChI=1S/C22H19ClO3/c1-15-5-3-7-17(13-15)21(24)12-11-18-9-10-19(26-18)14-25-22-16(2)6-4-8-20(22)23/h3-13H,14H2,1-2H3/b12-11+. The maximum atomic E-state index is 12.2. The van der Waals surface area contributed by atoms with Gasteiger partial charge in [0.15, 0.2) is 5.78 Å². The molecule has 0 bridgehead atoms. The average molecular weight is 367 g/mol. The Hall–Kier alpha value is -2.78. The van der Waals surface area contributed by atoms with Gasteiger partial charge in [-0.1, -0.05) is 47.5 Å². The van der Waals surface area contributed by atoms with E-state index in [1.165, 1.54) is 6.08 Å². The van der Waals surface area contributed by atoms with Crippen molar-refractivity contribution in [1.29, 1.82) is 0 Å². The lowest BCUT2D eigenvalue weighted by molar-refractivity contribution is 0.104. The molecule has 132 valence electrons. The molecule has 0 aliphatic rings. The van der Waals surface area contributed by atoms with E-state index in [9.17, 15) is 4.79 Å². The van der Waals surface area contributed by atoms with E-state index in [0.29, 0.717) is 27.9 Å². The molecule has 0 aliphatic carbocycles. The lowest BCUT2D eigenvalue weighted by Gasteiger charge is -2.09. The van der Waals surface area contributed by atoms with Crippen LogP contribution in [0.5, 0.6) is 5.75 Å². The van der Waals surface area contributed by atoms with Crippen LogP contribution in [-0.2, 0) is 6.61 Å². The first-order valence-corrected chi connectivity index (χ1v) is 8.66. The second kappa shape index (κ2) is 8.07. The van der Waals surface area contributed by atoms with Crippen LogP contribution in [0.2, 0.25) is 5.02 Å². The molecule has 3 aromatic rings. The third kappa shape index (κ3) is 4.44. The summed E-state index contributed by atoms with van der Waals surface area (Å²) in [5.41, 5.74) is 2.68. The van der Waals surface area contributed by atoms with Gasteiger partial charge in [0.1, 0.15) is 23.9 Å². The Morgan fingerprint density at radius 1 is 1.12 bits per heavy atom. The van der Waals surface area contributed by atoms with Crippen molar-refractivity contribution in [2.24, 2.45) is 0 Å². The van der Waals surface area contributed by atoms with Crippen molar-refractivity contribution in [3.8, 4) is 5.75 Å². The van der Waals surface area contributed by atoms with Gasteiger partial charge in [-0.05, 0) is 55.8 Å². The van der Waals surface area contributed by atoms with Crippen molar-refractivity contribution in [2.75, 3.05) is 0 Å². The number of carbonyl (C=O) groups is 1. The highest BCUT2D eigenvalue weighted by Crippen LogP contribution is 2.28. The second-order valence-electron chi connectivity index (χ2n) is 6.05. The maximum Gasteiger partial charge on any atom is 0.185 e. The Morgan fingerprint density at radius 3 is 2.69 bits per heavy atom. The molecule has 0 N–H and O–H groups in total. The predicted molar refractivity (Wildman–Crippen MR) is 104 cm³/mol. The van der Waals surface area contributed by atoms with Crippen molar-refractivity contribution in [1.82, 2.24) is 0 Å². The van der Waals surface area contributed by atoms with Crippen LogP contribution in [0.25, 0.3) is 6.08 Å². The van der Waals surface area contributed by atoms with Gasteiger partial charge < -0.3 is 9.15 Å². The zero-order valence-electron chi connectivity index (χ0n) is 14.7. The molecule has 1 heterocycles. The topological polar surface area (TPSA) is 39.4 Å². The number of halogens is 1. The molecule has 3 nitrogen and oxygen atoms in total. The fourth-order valence-corrected chi connectivity index (χ4v) is 2.83. The Kier molecular flexibility index (Phi) is 5.59. The first-order valence-electron chi connectivity index (χ1n) is 8.28. The molecule has 0 atom stereocenters. The summed E-state index contributed by atoms with van der Waals surface area (Å²) in [5, 5.41) is 0.570. The Morgan fingerprint density at radius 2 is 1.92 bits per heavy atom. The highest BCUT2D eigenvalue weighted by Gasteiger charge is 2.07. The van der Waals surface area contributed by atoms with Crippen LogP contribution < -0.4 is 4.74 Å². The first-order chi connectivity index (χ1) is 12.5. The summed E-state index contributed by atoms with van der Waals surface area (Å²) >= 11 is 6.15. The van der Waals surface area contributed by atoms with Crippen LogP contribution in [-0.4, -0.2) is 5.78 Å². The molecular formula is C22H19ClO3. The minimum Gasteiger partial charge on any atom is -0.484 e. The number of hydrogen-bond donors (Lipinski definition) is 0. The fourth-order valence-electron chi connectivity index (χ4n) is 2.56. The van der Waals surface area contributed by atoms with Crippen molar-refractivity contribution in [3.05, 3.63) is 93.9 Å². The zero-order chi connectivity index (χ0) is 18.5. The Bertz CT molecular complexity index is 933. The van der Waals surface area contributed by atoms with Crippen LogP contribution in [0, 0.1) is 13.8 Å². The molecular weight excluding hydrogens is 348 g/mol. The molecule has 1 aromatic heterocycles. The largest absolute Gasteiger partial charge is 0.484 e. The number of rotatable bonds is 6. The summed E-state index contributed by atoms with van der Waals surface area (Å²) in [6, 6.07) is 16.7. The van der Waals surface area contributed by atoms with Gasteiger partial charge in [-0.25, -0.2) is 0 Å². The number of ether oxygens (including phenoxy) is 1. The number of para-hydroxylation sites is 1. The number of benzene rings is 2. The molecule has 0 saturated carbocycles. The molecule has 0 saturated heterocycles. The highest BCUT2D eigenvalue weighted by molar-refractivity contribution is 6.32. The van der Waals surface area contributed by atoms with Gasteiger partial charge in [0, 0.05) is 5.56 Å². The summed E-state index contributed by atoms with van der Waals surface area (Å²) in [7, 11) is 0. The van der Waals surface area contributed by atoms with Gasteiger partial charge in [-0.15, -0.1) is 0 Å². The van der Waals surface area contributed by atoms with Crippen LogP contribution in [0.3, 0.4) is 0 Å². The summed E-state index contributed by atoms with van der Waals surface area (Å²) in [6.07, 6.45) is 3.17. The van der Waals surface area contributed by atoms with Crippen LogP contribution >= 0.6 is 11.6 Å². The summed E-state index contributed by atoms with van der Waals surface area (Å²) in [6.45, 7) is 4.17. The van der Waals surface area contributed by atoms with E-state index in [2.05, 4.69) is 0 Å². The van der Waals surface area contributed by atoms with Gasteiger partial charge in [0.25, 0.3) is 0 Å². The van der Waals surface area contributed by atoms with E-state index in [0.717, 1.165) is 11.1 Å². The number of aryl methyl sites for hydroxylation is 2. The molecule has 0 unspecified atom stereocenters. The number of allylic oxidation sites excluding steroid dienone is 1. The predicted octanol–water partition coefficient (Wildman–Crippen LogP) is 6.02. The lowest BCUT2D eigenvalue weighted by atomic mass is 10.1. The monoisotopic (exact) mass is 366 g/mol. The van der Waals surface area contributed by atoms with Crippen molar-refractivity contribution >= 4 is 23.5 Å². The average Bonchev–Trinajstić information content (AvgIpc) is 3.07. The zero-order valence-corrected chi connectivity index (χ0v) is 15.4. The molecule has 0 spiro atoms. The Labute approximate surface area is 157 Å². The summed E-state index contributed by atoms with van der Waals surface area (Å²) < 4.78 is 11.4. The van der Waals surface area contributed by atoms with E-state index in [4.69, 9.17) is 20.8 Å². The molecule has 26 heavy (non-hydrogen) atoms. The SMILES string of the molecule is Cc1cccc(C(=O)/C=C/c2ccc(COc3c(C)cccc3Cl)o2)c1. The molecule has 4 heteroatoms. The second-order valence-corrected chi connectivity index (χ2v) is 6.45. The van der Waals surface area contributed by atoms with E-state index in [-0.39, 0.29) is 12.4 Å². The number of carbonyl (C=O) groups excluding carboxylic acids is 1. The molecule has 3 rings (SSSR count). The minimum absolute atomic E-state index is 0.0606. The summed E-state index contributed by atoms with van der Waals surface area (Å²) in [4.78, 5) is 12.2. The van der Waals surface area contributed by atoms with Crippen LogP contribution in [0.15, 0.2) is 65.1 Å². The highest BCUT2D eigenvalue weighted by atomic mass is 35.5. The van der Waals surface area contributed by atoms with Crippen LogP contribution in [0.1, 0.15) is 33.0 Å². The third-order valence-electron chi connectivity index (χ3n) is 3.91. The van der Waals surface area contributed by atoms with Crippen molar-refractivity contribution in [3.63, 3.8) is 0 Å². The van der Waals surface area contributed by atoms with Crippen LogP contribution in [0.4, 0.5) is 0 Å². The van der Waals surface area contributed by atoms with Gasteiger partial charge in [0.05, 0.1) is 5.02 Å². The lowest BCUT2D eigenvalue weighted by Crippen LogP contribution is -1.96. The minimum atomic E-state index is -0.0606. The van der Waals surface area contributed by atoms with Crippen molar-refractivity contribution < 1.29 is 13.9 Å². The number of furan rings is 1. The van der Waals surface area contributed by atoms with Crippen molar-refractivity contribution in [2.45, 2.75) is 20.5 Å².